The van der Waals surface area contributed by atoms with E-state index in [1.807, 2.05) is 0 Å². The van der Waals surface area contributed by atoms with Crippen LogP contribution in [0.15, 0.2) is 0 Å². The Hall–Kier alpha value is -0.530. The van der Waals surface area contributed by atoms with E-state index in [0.29, 0.717) is 0 Å². The Morgan fingerprint density at radius 3 is 2.50 bits per heavy atom. The number of terminal acetylenes is 1. The summed E-state index contributed by atoms with van der Waals surface area (Å²) in [5, 5.41) is 0. The van der Waals surface area contributed by atoms with Gasteiger partial charge in [-0.3, -0.25) is 4.55 Å². The number of rotatable bonds is 1. The summed E-state index contributed by atoms with van der Waals surface area (Å²) >= 11 is -2.30. The second kappa shape index (κ2) is 2.69. The lowest BCUT2D eigenvalue weighted by molar-refractivity contribution is 0.439. The van der Waals surface area contributed by atoms with E-state index in [0.717, 1.165) is 0 Å². The lowest BCUT2D eigenvalue weighted by atomic mass is 11.3. The minimum Gasteiger partial charge on any atom is -0.326 e. The van der Waals surface area contributed by atoms with Gasteiger partial charge in [-0.25, -0.2) is 0 Å². The average Bonchev–Trinajstić information content (AvgIpc) is 1.35. The molecule has 34 valence electrons. The topological polar surface area (TPSA) is 46.5 Å². The van der Waals surface area contributed by atoms with Crippen molar-refractivity contribution in [2.24, 2.45) is 0 Å². The van der Waals surface area contributed by atoms with E-state index in [1.165, 1.54) is 6.11 Å². The SMILES string of the molecule is C#COS(=O)O. The largest absolute Gasteiger partial charge is 0.366 e. The molecule has 0 saturated heterocycles. The molecule has 0 aromatic carbocycles. The van der Waals surface area contributed by atoms with Gasteiger partial charge in [-0.2, -0.15) is 4.21 Å². The molecule has 1 N–H and O–H groups in total. The van der Waals surface area contributed by atoms with Crippen LogP contribution in [0.3, 0.4) is 0 Å². The highest BCUT2D eigenvalue weighted by molar-refractivity contribution is 7.74. The van der Waals surface area contributed by atoms with Gasteiger partial charge in [0.15, 0.2) is 0 Å². The molecule has 0 bridgehead atoms. The lowest BCUT2D eigenvalue weighted by Crippen LogP contribution is -1.84. The van der Waals surface area contributed by atoms with Gasteiger partial charge in [0.05, 0.1) is 0 Å². The molecule has 0 aliphatic heterocycles. The Bertz CT molecular complexity index is 91.5. The third-order valence-corrected chi connectivity index (χ3v) is 0.358. The van der Waals surface area contributed by atoms with E-state index in [4.69, 9.17) is 4.55 Å². The highest BCUT2D eigenvalue weighted by atomic mass is 32.2. The molecule has 0 spiro atoms. The molecule has 1 unspecified atom stereocenters. The summed E-state index contributed by atoms with van der Waals surface area (Å²) in [6.45, 7) is 0. The monoisotopic (exact) mass is 106 g/mol. The molecule has 0 aromatic rings. The molecular weight excluding hydrogens is 104 g/mol. The maximum absolute atomic E-state index is 9.35. The first-order valence-electron chi connectivity index (χ1n) is 1.01. The minimum atomic E-state index is -2.30. The second-order valence-corrected chi connectivity index (χ2v) is 1.02. The quantitative estimate of drug-likeness (QED) is 0.369. The Kier molecular flexibility index (Phi) is 2.46. The van der Waals surface area contributed by atoms with E-state index in [2.05, 4.69) is 10.6 Å². The van der Waals surface area contributed by atoms with Crippen molar-refractivity contribution in [3.63, 3.8) is 0 Å². The van der Waals surface area contributed by atoms with E-state index >= 15 is 0 Å². The van der Waals surface area contributed by atoms with Crippen molar-refractivity contribution >= 4 is 11.4 Å². The van der Waals surface area contributed by atoms with Crippen molar-refractivity contribution in [1.29, 1.82) is 0 Å². The summed E-state index contributed by atoms with van der Waals surface area (Å²) in [6, 6.07) is 0. The summed E-state index contributed by atoms with van der Waals surface area (Å²) in [7, 11) is 0. The van der Waals surface area contributed by atoms with Crippen molar-refractivity contribution in [2.75, 3.05) is 0 Å². The van der Waals surface area contributed by atoms with Crippen LogP contribution >= 0.6 is 0 Å². The van der Waals surface area contributed by atoms with Crippen LogP contribution < -0.4 is 0 Å². The highest BCUT2D eigenvalue weighted by Gasteiger charge is 1.80. The molecule has 3 nitrogen and oxygen atoms in total. The van der Waals surface area contributed by atoms with E-state index in [9.17, 15) is 4.21 Å². The van der Waals surface area contributed by atoms with Gasteiger partial charge in [-0.05, 0) is 0 Å². The predicted molar refractivity (Wildman–Crippen MR) is 20.7 cm³/mol. The maximum Gasteiger partial charge on any atom is 0.366 e. The van der Waals surface area contributed by atoms with E-state index in [1.54, 1.807) is 0 Å². The summed E-state index contributed by atoms with van der Waals surface area (Å²) in [6.07, 6.45) is 5.92. The Balaban J connectivity index is 3.13. The first-order chi connectivity index (χ1) is 2.77. The predicted octanol–water partition coefficient (Wildman–Crippen LogP) is -0.270. The smallest absolute Gasteiger partial charge is 0.326 e. The first-order valence-corrected chi connectivity index (χ1v) is 2.04. The van der Waals surface area contributed by atoms with Crippen LogP contribution in [0.4, 0.5) is 0 Å². The zero-order chi connectivity index (χ0) is 4.99. The first kappa shape index (κ1) is 5.47. The molecule has 0 aromatic heterocycles. The fourth-order valence-electron chi connectivity index (χ4n) is 0.0412. The zero-order valence-electron chi connectivity index (χ0n) is 2.75. The van der Waals surface area contributed by atoms with Gasteiger partial charge in [-0.15, -0.1) is 0 Å². The lowest BCUT2D eigenvalue weighted by Gasteiger charge is -1.77. The van der Waals surface area contributed by atoms with Crippen molar-refractivity contribution in [1.82, 2.24) is 0 Å². The van der Waals surface area contributed by atoms with Crippen molar-refractivity contribution in [3.05, 3.63) is 0 Å². The van der Waals surface area contributed by atoms with Crippen LogP contribution in [0.5, 0.6) is 0 Å². The van der Waals surface area contributed by atoms with Crippen molar-refractivity contribution in [3.8, 4) is 12.5 Å². The molecule has 0 aliphatic carbocycles. The van der Waals surface area contributed by atoms with Crippen LogP contribution in [0.1, 0.15) is 0 Å². The van der Waals surface area contributed by atoms with Gasteiger partial charge < -0.3 is 4.18 Å². The highest BCUT2D eigenvalue weighted by Crippen LogP contribution is 1.68. The van der Waals surface area contributed by atoms with Gasteiger partial charge in [0.1, 0.15) is 6.11 Å². The van der Waals surface area contributed by atoms with Gasteiger partial charge in [-0.1, -0.05) is 6.42 Å². The fourth-order valence-corrected chi connectivity index (χ4v) is 0.123. The van der Waals surface area contributed by atoms with Crippen LogP contribution in [0.25, 0.3) is 0 Å². The Morgan fingerprint density at radius 1 is 2.00 bits per heavy atom. The van der Waals surface area contributed by atoms with Crippen LogP contribution in [0.2, 0.25) is 0 Å². The number of hydrogen-bond acceptors (Lipinski definition) is 2. The van der Waals surface area contributed by atoms with Crippen molar-refractivity contribution in [2.45, 2.75) is 0 Å². The molecule has 0 saturated carbocycles. The third kappa shape index (κ3) is 3.47. The molecule has 6 heavy (non-hydrogen) atoms. The fraction of sp³-hybridized carbons (Fsp3) is 0. The molecule has 0 fully saturated rings. The van der Waals surface area contributed by atoms with Crippen molar-refractivity contribution < 1.29 is 12.9 Å². The summed E-state index contributed by atoms with van der Waals surface area (Å²) < 4.78 is 20.6. The van der Waals surface area contributed by atoms with Crippen LogP contribution in [0, 0.1) is 12.5 Å². The molecule has 4 heteroatoms. The number of hydrogen-bond donors (Lipinski definition) is 1. The third-order valence-electron chi connectivity index (χ3n) is 0.119. The molecule has 0 amide bonds. The molecule has 0 radical (unpaired) electrons. The standard InChI is InChI=1S/C2H2O3S/c1-2-5-6(3)4/h1H,(H,3,4). The van der Waals surface area contributed by atoms with Gasteiger partial charge in [0, 0.05) is 0 Å². The molecular formula is C2H2O3S. The summed E-state index contributed by atoms with van der Waals surface area (Å²) in [4.78, 5) is 0. The maximum atomic E-state index is 9.35. The summed E-state index contributed by atoms with van der Waals surface area (Å²) in [5.74, 6) is 0. The Morgan fingerprint density at radius 2 is 2.50 bits per heavy atom. The van der Waals surface area contributed by atoms with Crippen LogP contribution in [-0.4, -0.2) is 8.76 Å². The van der Waals surface area contributed by atoms with E-state index < -0.39 is 11.4 Å². The van der Waals surface area contributed by atoms with Gasteiger partial charge in [0.25, 0.3) is 0 Å². The molecule has 0 heterocycles. The van der Waals surface area contributed by atoms with Gasteiger partial charge >= 0.3 is 11.4 Å². The second-order valence-electron chi connectivity index (χ2n) is 0.418. The van der Waals surface area contributed by atoms with E-state index in [-0.39, 0.29) is 0 Å². The molecule has 0 rings (SSSR count). The average molecular weight is 106 g/mol. The summed E-state index contributed by atoms with van der Waals surface area (Å²) in [5.41, 5.74) is 0. The minimum absolute atomic E-state index is 1.52. The molecule has 0 aliphatic rings. The zero-order valence-corrected chi connectivity index (χ0v) is 3.57. The Labute approximate surface area is 37.8 Å². The normalized spacial score (nSPS) is 12.0. The molecule has 1 atom stereocenters. The van der Waals surface area contributed by atoms with Crippen LogP contribution in [-0.2, 0) is 15.5 Å². The van der Waals surface area contributed by atoms with Gasteiger partial charge in [0.2, 0.25) is 0 Å².